The van der Waals surface area contributed by atoms with E-state index in [9.17, 15) is 4.79 Å². The van der Waals surface area contributed by atoms with E-state index in [-0.39, 0.29) is 0 Å². The lowest BCUT2D eigenvalue weighted by Gasteiger charge is -2.26. The minimum Gasteiger partial charge on any atom is -0.300 e. The highest BCUT2D eigenvalue weighted by atomic mass is 16.1. The molecule has 1 fully saturated rings. The summed E-state index contributed by atoms with van der Waals surface area (Å²) >= 11 is 0. The minimum absolute atomic E-state index is 0.344. The van der Waals surface area contributed by atoms with Gasteiger partial charge < -0.3 is 0 Å². The molecule has 1 unspecified atom stereocenters. The molecule has 1 aliphatic carbocycles. The van der Waals surface area contributed by atoms with Crippen LogP contribution in [0.4, 0.5) is 0 Å². The fourth-order valence-electron chi connectivity index (χ4n) is 1.71. The van der Waals surface area contributed by atoms with E-state index in [4.69, 9.17) is 0 Å². The summed E-state index contributed by atoms with van der Waals surface area (Å²) in [5.74, 6) is 2.02. The molecule has 0 radical (unpaired) electrons. The van der Waals surface area contributed by atoms with Gasteiger partial charge in [-0.05, 0) is 30.1 Å². The fraction of sp³-hybridized carbons (Fsp3) is 0.929. The molecule has 1 aliphatic rings. The maximum Gasteiger partial charge on any atom is 0.132 e. The van der Waals surface area contributed by atoms with Crippen molar-refractivity contribution in [2.75, 3.05) is 0 Å². The van der Waals surface area contributed by atoms with Crippen LogP contribution in [-0.4, -0.2) is 5.78 Å². The molecule has 1 rings (SSSR count). The van der Waals surface area contributed by atoms with Gasteiger partial charge in [-0.15, -0.1) is 0 Å². The van der Waals surface area contributed by atoms with Gasteiger partial charge in [0.15, 0.2) is 0 Å². The second-order valence-corrected chi connectivity index (χ2v) is 6.33. The van der Waals surface area contributed by atoms with E-state index in [1.165, 1.54) is 12.8 Å². The third-order valence-corrected chi connectivity index (χ3v) is 3.86. The summed E-state index contributed by atoms with van der Waals surface area (Å²) < 4.78 is 0. The first-order valence-corrected chi connectivity index (χ1v) is 6.41. The van der Waals surface area contributed by atoms with Gasteiger partial charge in [0.1, 0.15) is 5.78 Å². The van der Waals surface area contributed by atoms with E-state index < -0.39 is 0 Å². The van der Waals surface area contributed by atoms with Gasteiger partial charge in [0.05, 0.1) is 0 Å². The van der Waals surface area contributed by atoms with Gasteiger partial charge in [-0.2, -0.15) is 0 Å². The second-order valence-electron chi connectivity index (χ2n) is 6.33. The highest BCUT2D eigenvalue weighted by Crippen LogP contribution is 2.34. The zero-order valence-corrected chi connectivity index (χ0v) is 10.8. The van der Waals surface area contributed by atoms with Crippen LogP contribution in [0.1, 0.15) is 66.2 Å². The Morgan fingerprint density at radius 2 is 1.87 bits per heavy atom. The van der Waals surface area contributed by atoms with Crippen LogP contribution in [0.25, 0.3) is 0 Å². The molecule has 0 spiro atoms. The third kappa shape index (κ3) is 5.34. The van der Waals surface area contributed by atoms with E-state index in [0.29, 0.717) is 17.1 Å². The zero-order chi connectivity index (χ0) is 11.5. The molecule has 0 aromatic rings. The van der Waals surface area contributed by atoms with Crippen molar-refractivity contribution in [3.63, 3.8) is 0 Å². The van der Waals surface area contributed by atoms with Crippen molar-refractivity contribution in [2.45, 2.75) is 66.2 Å². The molecule has 0 bridgehead atoms. The predicted molar refractivity (Wildman–Crippen MR) is 64.8 cm³/mol. The molecular weight excluding hydrogens is 184 g/mol. The van der Waals surface area contributed by atoms with Crippen LogP contribution in [0.3, 0.4) is 0 Å². The summed E-state index contributed by atoms with van der Waals surface area (Å²) in [4.78, 5) is 11.6. The first-order valence-electron chi connectivity index (χ1n) is 6.41. The molecule has 0 aliphatic heterocycles. The van der Waals surface area contributed by atoms with Crippen LogP contribution in [0.15, 0.2) is 0 Å². The standard InChI is InChI=1S/C14H26O/c1-11(14(2,3)4)5-9-13(15)10-8-12-6-7-12/h11-12H,5-10H2,1-4H3. The number of carbonyl (C=O) groups is 1. The predicted octanol–water partition coefficient (Wildman–Crippen LogP) is 4.21. The Bertz CT molecular complexity index is 208. The van der Waals surface area contributed by atoms with Crippen LogP contribution < -0.4 is 0 Å². The van der Waals surface area contributed by atoms with Crippen LogP contribution in [0, 0.1) is 17.3 Å². The van der Waals surface area contributed by atoms with Gasteiger partial charge in [-0.3, -0.25) is 4.79 Å². The molecule has 1 saturated carbocycles. The Kier molecular flexibility index (Phi) is 4.36. The second kappa shape index (κ2) is 5.14. The lowest BCUT2D eigenvalue weighted by atomic mass is 9.79. The molecular formula is C14H26O. The van der Waals surface area contributed by atoms with Gasteiger partial charge in [0, 0.05) is 12.8 Å². The summed E-state index contributed by atoms with van der Waals surface area (Å²) in [7, 11) is 0. The Hall–Kier alpha value is -0.330. The molecule has 0 saturated heterocycles. The number of carbonyl (C=O) groups excluding carboxylic acids is 1. The van der Waals surface area contributed by atoms with Gasteiger partial charge in [-0.1, -0.05) is 40.5 Å². The molecule has 1 atom stereocenters. The van der Waals surface area contributed by atoms with Crippen molar-refractivity contribution in [1.82, 2.24) is 0 Å². The Morgan fingerprint density at radius 3 is 2.33 bits per heavy atom. The Labute approximate surface area is 94.6 Å². The quantitative estimate of drug-likeness (QED) is 0.642. The molecule has 0 amide bonds. The summed E-state index contributed by atoms with van der Waals surface area (Å²) in [5, 5.41) is 0. The van der Waals surface area contributed by atoms with E-state index in [1.54, 1.807) is 0 Å². The minimum atomic E-state index is 0.344. The highest BCUT2D eigenvalue weighted by molar-refractivity contribution is 5.78. The number of hydrogen-bond acceptors (Lipinski definition) is 1. The topological polar surface area (TPSA) is 17.1 Å². The highest BCUT2D eigenvalue weighted by Gasteiger charge is 2.23. The molecule has 0 aromatic heterocycles. The van der Waals surface area contributed by atoms with Crippen molar-refractivity contribution in [2.24, 2.45) is 17.3 Å². The molecule has 1 heteroatoms. The summed E-state index contributed by atoms with van der Waals surface area (Å²) in [6.45, 7) is 9.03. The van der Waals surface area contributed by atoms with Crippen LogP contribution >= 0.6 is 0 Å². The Balaban J connectivity index is 2.09. The van der Waals surface area contributed by atoms with E-state index in [0.717, 1.165) is 31.6 Å². The van der Waals surface area contributed by atoms with Gasteiger partial charge in [0.25, 0.3) is 0 Å². The van der Waals surface area contributed by atoms with E-state index in [2.05, 4.69) is 27.7 Å². The van der Waals surface area contributed by atoms with Crippen molar-refractivity contribution in [3.8, 4) is 0 Å². The molecule has 0 heterocycles. The normalized spacial score (nSPS) is 18.9. The average Bonchev–Trinajstić information content (AvgIpc) is 2.92. The maximum absolute atomic E-state index is 11.6. The van der Waals surface area contributed by atoms with Gasteiger partial charge in [-0.25, -0.2) is 0 Å². The third-order valence-electron chi connectivity index (χ3n) is 3.86. The van der Waals surface area contributed by atoms with Crippen LogP contribution in [-0.2, 0) is 4.79 Å². The van der Waals surface area contributed by atoms with E-state index in [1.807, 2.05) is 0 Å². The lowest BCUT2D eigenvalue weighted by Crippen LogP contribution is -2.18. The molecule has 88 valence electrons. The van der Waals surface area contributed by atoms with Crippen LogP contribution in [0.5, 0.6) is 0 Å². The first kappa shape index (κ1) is 12.7. The van der Waals surface area contributed by atoms with E-state index >= 15 is 0 Å². The smallest absolute Gasteiger partial charge is 0.132 e. The first-order chi connectivity index (χ1) is 6.89. The Morgan fingerprint density at radius 1 is 1.27 bits per heavy atom. The number of Topliss-reactive ketones (excluding diaryl/α,β-unsaturated/α-hetero) is 1. The zero-order valence-electron chi connectivity index (χ0n) is 10.8. The molecule has 15 heavy (non-hydrogen) atoms. The van der Waals surface area contributed by atoms with Crippen molar-refractivity contribution >= 4 is 5.78 Å². The summed E-state index contributed by atoms with van der Waals surface area (Å²) in [5.41, 5.74) is 0.344. The molecule has 0 aromatic carbocycles. The molecule has 0 N–H and O–H groups in total. The fourth-order valence-corrected chi connectivity index (χ4v) is 1.71. The number of ketones is 1. The maximum atomic E-state index is 11.6. The summed E-state index contributed by atoms with van der Waals surface area (Å²) in [6, 6.07) is 0. The number of rotatable bonds is 6. The van der Waals surface area contributed by atoms with Gasteiger partial charge in [0.2, 0.25) is 0 Å². The monoisotopic (exact) mass is 210 g/mol. The van der Waals surface area contributed by atoms with Gasteiger partial charge >= 0.3 is 0 Å². The van der Waals surface area contributed by atoms with Crippen molar-refractivity contribution in [1.29, 1.82) is 0 Å². The van der Waals surface area contributed by atoms with Crippen LogP contribution in [0.2, 0.25) is 0 Å². The number of hydrogen-bond donors (Lipinski definition) is 0. The SMILES string of the molecule is CC(CCC(=O)CCC1CC1)C(C)(C)C. The summed E-state index contributed by atoms with van der Waals surface area (Å²) in [6.07, 6.45) is 6.58. The largest absolute Gasteiger partial charge is 0.300 e. The lowest BCUT2D eigenvalue weighted by molar-refractivity contribution is -0.119. The van der Waals surface area contributed by atoms with Crippen molar-refractivity contribution in [3.05, 3.63) is 0 Å². The average molecular weight is 210 g/mol. The van der Waals surface area contributed by atoms with Crippen molar-refractivity contribution < 1.29 is 4.79 Å². The molecule has 1 nitrogen and oxygen atoms in total.